The second kappa shape index (κ2) is 9.10. The van der Waals surface area contributed by atoms with E-state index in [1.807, 2.05) is 60.7 Å². The highest BCUT2D eigenvalue weighted by Gasteiger charge is 2.07. The van der Waals surface area contributed by atoms with Gasteiger partial charge in [-0.2, -0.15) is 0 Å². The Morgan fingerprint density at radius 1 is 0.926 bits per heavy atom. The van der Waals surface area contributed by atoms with Gasteiger partial charge in [-0.25, -0.2) is 0 Å². The average molecular weight is 383 g/mol. The van der Waals surface area contributed by atoms with Crippen LogP contribution in [0.4, 0.5) is 0 Å². The molecule has 4 nitrogen and oxygen atoms in total. The lowest BCUT2D eigenvalue weighted by atomic mass is 10.1. The Balaban J connectivity index is 1.65. The number of carbonyl (C=O) groups is 1. The molecule has 0 aliphatic heterocycles. The number of benzene rings is 3. The molecule has 0 saturated heterocycles. The van der Waals surface area contributed by atoms with Crippen LogP contribution in [0.5, 0.6) is 17.2 Å². The van der Waals surface area contributed by atoms with Gasteiger partial charge >= 0.3 is 5.97 Å². The van der Waals surface area contributed by atoms with E-state index >= 15 is 0 Å². The number of hydrogen-bond donors (Lipinski definition) is 1. The van der Waals surface area contributed by atoms with Gasteiger partial charge in [0.25, 0.3) is 0 Å². The van der Waals surface area contributed by atoms with E-state index in [-0.39, 0.29) is 6.42 Å². The molecule has 3 rings (SSSR count). The predicted octanol–water partition coefficient (Wildman–Crippen LogP) is 5.73. The molecule has 0 amide bonds. The standard InChI is InChI=1S/C22H19ClO4/c23-18-9-11-19(12-10-18)27-20-6-3-4-16(14-20)15-26-21-7-2-1-5-17(21)8-13-22(24)25/h1-7,9-12,14H,8,13,15H2,(H,24,25). The Kier molecular flexibility index (Phi) is 6.34. The topological polar surface area (TPSA) is 55.8 Å². The summed E-state index contributed by atoms with van der Waals surface area (Å²) in [5, 5.41) is 9.54. The molecule has 0 fully saturated rings. The summed E-state index contributed by atoms with van der Waals surface area (Å²) in [6.45, 7) is 0.363. The molecule has 0 bridgehead atoms. The summed E-state index contributed by atoms with van der Waals surface area (Å²) in [4.78, 5) is 10.8. The summed E-state index contributed by atoms with van der Waals surface area (Å²) < 4.78 is 11.7. The quantitative estimate of drug-likeness (QED) is 0.540. The second-order valence-electron chi connectivity index (χ2n) is 5.99. The van der Waals surface area contributed by atoms with Crippen molar-refractivity contribution in [2.45, 2.75) is 19.4 Å². The zero-order chi connectivity index (χ0) is 19.1. The fourth-order valence-electron chi connectivity index (χ4n) is 2.59. The van der Waals surface area contributed by atoms with Crippen LogP contribution in [0, 0.1) is 0 Å². The average Bonchev–Trinajstić information content (AvgIpc) is 2.67. The number of carboxylic acid groups (broad SMARTS) is 1. The normalized spacial score (nSPS) is 10.4. The lowest BCUT2D eigenvalue weighted by molar-refractivity contribution is -0.136. The van der Waals surface area contributed by atoms with E-state index < -0.39 is 5.97 Å². The Morgan fingerprint density at radius 2 is 1.70 bits per heavy atom. The summed E-state index contributed by atoms with van der Waals surface area (Å²) in [5.41, 5.74) is 1.84. The van der Waals surface area contributed by atoms with Crippen molar-refractivity contribution in [2.24, 2.45) is 0 Å². The molecule has 0 aromatic heterocycles. The Hall–Kier alpha value is -2.98. The summed E-state index contributed by atoms with van der Waals surface area (Å²) in [6, 6.07) is 22.3. The number of ether oxygens (including phenoxy) is 2. The predicted molar refractivity (Wildman–Crippen MR) is 105 cm³/mol. The molecular formula is C22H19ClO4. The molecule has 1 N–H and O–H groups in total. The van der Waals surface area contributed by atoms with Crippen LogP contribution in [-0.2, 0) is 17.8 Å². The first kappa shape index (κ1) is 18.8. The molecule has 138 valence electrons. The van der Waals surface area contributed by atoms with Crippen molar-refractivity contribution in [3.8, 4) is 17.2 Å². The van der Waals surface area contributed by atoms with Crippen molar-refractivity contribution in [3.05, 3.63) is 88.9 Å². The fourth-order valence-corrected chi connectivity index (χ4v) is 2.72. The van der Waals surface area contributed by atoms with Crippen molar-refractivity contribution >= 4 is 17.6 Å². The number of para-hydroxylation sites is 1. The van der Waals surface area contributed by atoms with E-state index in [0.29, 0.717) is 35.3 Å². The van der Waals surface area contributed by atoms with E-state index in [0.717, 1.165) is 11.1 Å². The van der Waals surface area contributed by atoms with Gasteiger partial charge in [0, 0.05) is 11.4 Å². The highest BCUT2D eigenvalue weighted by molar-refractivity contribution is 6.30. The highest BCUT2D eigenvalue weighted by atomic mass is 35.5. The van der Waals surface area contributed by atoms with Crippen LogP contribution in [0.25, 0.3) is 0 Å². The van der Waals surface area contributed by atoms with Crippen LogP contribution in [0.2, 0.25) is 5.02 Å². The zero-order valence-corrected chi connectivity index (χ0v) is 15.4. The first-order valence-electron chi connectivity index (χ1n) is 8.55. The van der Waals surface area contributed by atoms with E-state index in [1.54, 1.807) is 12.1 Å². The van der Waals surface area contributed by atoms with Crippen molar-refractivity contribution in [3.63, 3.8) is 0 Å². The third kappa shape index (κ3) is 5.76. The number of halogens is 1. The second-order valence-corrected chi connectivity index (χ2v) is 6.43. The highest BCUT2D eigenvalue weighted by Crippen LogP contribution is 2.25. The summed E-state index contributed by atoms with van der Waals surface area (Å²) in [6.07, 6.45) is 0.510. The molecule has 3 aromatic carbocycles. The van der Waals surface area contributed by atoms with Gasteiger partial charge in [0.15, 0.2) is 0 Å². The summed E-state index contributed by atoms with van der Waals surface area (Å²) in [7, 11) is 0. The van der Waals surface area contributed by atoms with E-state index in [4.69, 9.17) is 26.2 Å². The minimum atomic E-state index is -0.822. The van der Waals surface area contributed by atoms with Crippen LogP contribution in [-0.4, -0.2) is 11.1 Å². The first-order chi connectivity index (χ1) is 13.1. The number of aliphatic carboxylic acids is 1. The van der Waals surface area contributed by atoms with Gasteiger partial charge in [-0.1, -0.05) is 41.9 Å². The zero-order valence-electron chi connectivity index (χ0n) is 14.6. The maximum atomic E-state index is 10.8. The molecule has 0 radical (unpaired) electrons. The van der Waals surface area contributed by atoms with Crippen LogP contribution in [0.3, 0.4) is 0 Å². The maximum Gasteiger partial charge on any atom is 0.303 e. The minimum absolute atomic E-state index is 0.0742. The van der Waals surface area contributed by atoms with Crippen LogP contribution >= 0.6 is 11.6 Å². The van der Waals surface area contributed by atoms with Crippen molar-refractivity contribution < 1.29 is 19.4 Å². The van der Waals surface area contributed by atoms with Gasteiger partial charge in [0.1, 0.15) is 23.9 Å². The Labute approximate surface area is 162 Å². The van der Waals surface area contributed by atoms with Crippen LogP contribution in [0.1, 0.15) is 17.5 Å². The number of carboxylic acids is 1. The van der Waals surface area contributed by atoms with Crippen LogP contribution < -0.4 is 9.47 Å². The molecule has 3 aromatic rings. The number of aryl methyl sites for hydroxylation is 1. The third-order valence-electron chi connectivity index (χ3n) is 3.92. The molecular weight excluding hydrogens is 364 g/mol. The minimum Gasteiger partial charge on any atom is -0.489 e. The SMILES string of the molecule is O=C(O)CCc1ccccc1OCc1cccc(Oc2ccc(Cl)cc2)c1. The monoisotopic (exact) mass is 382 g/mol. The third-order valence-corrected chi connectivity index (χ3v) is 4.17. The lowest BCUT2D eigenvalue weighted by Gasteiger charge is -2.12. The summed E-state index contributed by atoms with van der Waals surface area (Å²) >= 11 is 5.89. The van der Waals surface area contributed by atoms with Gasteiger partial charge in [0.2, 0.25) is 0 Å². The van der Waals surface area contributed by atoms with Gasteiger partial charge in [-0.05, 0) is 60.0 Å². The molecule has 0 saturated carbocycles. The van der Waals surface area contributed by atoms with Gasteiger partial charge in [-0.15, -0.1) is 0 Å². The largest absolute Gasteiger partial charge is 0.489 e. The van der Waals surface area contributed by atoms with E-state index in [2.05, 4.69) is 0 Å². The molecule has 0 aliphatic rings. The molecule has 0 aliphatic carbocycles. The summed E-state index contributed by atoms with van der Waals surface area (Å²) in [5.74, 6) is 1.29. The fraction of sp³-hybridized carbons (Fsp3) is 0.136. The van der Waals surface area contributed by atoms with Gasteiger partial charge < -0.3 is 14.6 Å². The molecule has 0 unspecified atom stereocenters. The number of hydrogen-bond acceptors (Lipinski definition) is 3. The van der Waals surface area contributed by atoms with Gasteiger partial charge in [-0.3, -0.25) is 4.79 Å². The Bertz CT molecular complexity index is 906. The molecule has 27 heavy (non-hydrogen) atoms. The molecule has 5 heteroatoms. The van der Waals surface area contributed by atoms with Gasteiger partial charge in [0.05, 0.1) is 0 Å². The lowest BCUT2D eigenvalue weighted by Crippen LogP contribution is -2.02. The Morgan fingerprint density at radius 3 is 2.48 bits per heavy atom. The molecule has 0 atom stereocenters. The van der Waals surface area contributed by atoms with E-state index in [1.165, 1.54) is 0 Å². The van der Waals surface area contributed by atoms with Crippen molar-refractivity contribution in [1.29, 1.82) is 0 Å². The van der Waals surface area contributed by atoms with E-state index in [9.17, 15) is 4.79 Å². The molecule has 0 spiro atoms. The maximum absolute atomic E-state index is 10.8. The van der Waals surface area contributed by atoms with Crippen LogP contribution in [0.15, 0.2) is 72.8 Å². The number of rotatable bonds is 8. The van der Waals surface area contributed by atoms with Crippen molar-refractivity contribution in [1.82, 2.24) is 0 Å². The first-order valence-corrected chi connectivity index (χ1v) is 8.93. The molecule has 0 heterocycles. The van der Waals surface area contributed by atoms with Crippen molar-refractivity contribution in [2.75, 3.05) is 0 Å². The smallest absolute Gasteiger partial charge is 0.303 e.